The highest BCUT2D eigenvalue weighted by Crippen LogP contribution is 2.30. The Balaban J connectivity index is 1.41. The molecule has 3 aromatic rings. The summed E-state index contributed by atoms with van der Waals surface area (Å²) < 4.78 is 11.3. The minimum absolute atomic E-state index is 0.0124. The van der Waals surface area contributed by atoms with Crippen molar-refractivity contribution < 1.29 is 19.2 Å². The van der Waals surface area contributed by atoms with E-state index in [0.717, 1.165) is 11.3 Å². The lowest BCUT2D eigenvalue weighted by Crippen LogP contribution is -2.49. The number of ether oxygens (including phenoxy) is 2. The van der Waals surface area contributed by atoms with Crippen LogP contribution in [0.15, 0.2) is 78.4 Å². The number of piperazine rings is 1. The van der Waals surface area contributed by atoms with Crippen LogP contribution >= 0.6 is 0 Å². The zero-order valence-corrected chi connectivity index (χ0v) is 20.4. The highest BCUT2D eigenvalue weighted by atomic mass is 16.6. The second kappa shape index (κ2) is 11.7. The van der Waals surface area contributed by atoms with Crippen LogP contribution in [-0.4, -0.2) is 49.0 Å². The maximum absolute atomic E-state index is 13.0. The molecule has 9 heteroatoms. The molecule has 0 radical (unpaired) electrons. The average Bonchev–Trinajstić information content (AvgIpc) is 2.95. The van der Waals surface area contributed by atoms with Gasteiger partial charge in [0.05, 0.1) is 12.0 Å². The van der Waals surface area contributed by atoms with E-state index in [2.05, 4.69) is 4.90 Å². The van der Waals surface area contributed by atoms with E-state index in [9.17, 15) is 20.2 Å². The van der Waals surface area contributed by atoms with Gasteiger partial charge in [-0.05, 0) is 53.6 Å². The summed E-state index contributed by atoms with van der Waals surface area (Å²) in [5.74, 6) is 0.615. The third-order valence-corrected chi connectivity index (χ3v) is 6.08. The molecule has 0 bridgehead atoms. The van der Waals surface area contributed by atoms with E-state index in [1.54, 1.807) is 41.3 Å². The Morgan fingerprint density at radius 2 is 1.73 bits per heavy atom. The summed E-state index contributed by atoms with van der Waals surface area (Å²) in [6.45, 7) is 2.66. The zero-order valence-electron chi connectivity index (χ0n) is 20.4. The van der Waals surface area contributed by atoms with Gasteiger partial charge in [-0.1, -0.05) is 24.3 Å². The number of para-hydroxylation sites is 1. The largest absolute Gasteiger partial charge is 0.493 e. The van der Waals surface area contributed by atoms with Crippen LogP contribution in [0, 0.1) is 21.4 Å². The molecule has 9 nitrogen and oxygen atoms in total. The molecule has 0 atom stereocenters. The first-order valence-corrected chi connectivity index (χ1v) is 11.7. The van der Waals surface area contributed by atoms with Gasteiger partial charge in [-0.25, -0.2) is 0 Å². The second-order valence-electron chi connectivity index (χ2n) is 8.41. The van der Waals surface area contributed by atoms with Gasteiger partial charge in [0, 0.05) is 44.0 Å². The van der Waals surface area contributed by atoms with Crippen molar-refractivity contribution in [1.82, 2.24) is 4.90 Å². The van der Waals surface area contributed by atoms with E-state index in [-0.39, 0.29) is 23.8 Å². The lowest BCUT2D eigenvalue weighted by atomic mass is 10.1. The van der Waals surface area contributed by atoms with Crippen LogP contribution < -0.4 is 14.4 Å². The fourth-order valence-corrected chi connectivity index (χ4v) is 4.05. The van der Waals surface area contributed by atoms with E-state index in [4.69, 9.17) is 9.47 Å². The molecule has 0 spiro atoms. The van der Waals surface area contributed by atoms with Gasteiger partial charge >= 0.3 is 0 Å². The topological polar surface area (TPSA) is 109 Å². The van der Waals surface area contributed by atoms with Crippen LogP contribution in [0.2, 0.25) is 0 Å². The molecule has 4 rings (SSSR count). The predicted octanol–water partition coefficient (Wildman–Crippen LogP) is 4.44. The summed E-state index contributed by atoms with van der Waals surface area (Å²) in [4.78, 5) is 27.3. The fourth-order valence-electron chi connectivity index (χ4n) is 4.05. The third kappa shape index (κ3) is 6.24. The van der Waals surface area contributed by atoms with Crippen molar-refractivity contribution in [2.24, 2.45) is 0 Å². The van der Waals surface area contributed by atoms with Crippen LogP contribution in [-0.2, 0) is 11.4 Å². The predicted molar refractivity (Wildman–Crippen MR) is 139 cm³/mol. The number of methoxy groups -OCH3 is 1. The summed E-state index contributed by atoms with van der Waals surface area (Å²) in [7, 11) is 1.50. The molecule has 1 heterocycles. The third-order valence-electron chi connectivity index (χ3n) is 6.08. The summed E-state index contributed by atoms with van der Waals surface area (Å²) in [5, 5.41) is 20.5. The van der Waals surface area contributed by atoms with Crippen LogP contribution in [0.1, 0.15) is 11.1 Å². The maximum atomic E-state index is 13.0. The van der Waals surface area contributed by atoms with Crippen molar-refractivity contribution in [3.63, 3.8) is 0 Å². The molecule has 1 aliphatic rings. The van der Waals surface area contributed by atoms with Crippen LogP contribution in [0.3, 0.4) is 0 Å². The Morgan fingerprint density at radius 1 is 1.03 bits per heavy atom. The molecule has 0 N–H and O–H groups in total. The number of hydrogen-bond acceptors (Lipinski definition) is 7. The lowest BCUT2D eigenvalue weighted by molar-refractivity contribution is -0.384. The van der Waals surface area contributed by atoms with E-state index < -0.39 is 4.92 Å². The summed E-state index contributed by atoms with van der Waals surface area (Å²) >= 11 is 0. The van der Waals surface area contributed by atoms with Crippen molar-refractivity contribution in [3.05, 3.63) is 99.6 Å². The molecular formula is C28H26N4O5. The number of nitrogens with zero attached hydrogens (tertiary/aromatic N) is 4. The molecule has 3 aromatic carbocycles. The van der Waals surface area contributed by atoms with Gasteiger partial charge < -0.3 is 19.3 Å². The molecule has 0 aromatic heterocycles. The van der Waals surface area contributed by atoms with Gasteiger partial charge in [-0.15, -0.1) is 0 Å². The number of hydrogen-bond donors (Lipinski definition) is 0. The second-order valence-corrected chi connectivity index (χ2v) is 8.41. The van der Waals surface area contributed by atoms with E-state index in [1.807, 2.05) is 36.4 Å². The van der Waals surface area contributed by atoms with Gasteiger partial charge in [-0.2, -0.15) is 5.26 Å². The SMILES string of the molecule is COc1cc(/C=C(/C#N)C(=O)N2CCN(c3ccccc3)CC2)ccc1OCc1ccc([N+](=O)[O-])cc1. The first-order chi connectivity index (χ1) is 18.0. The number of amides is 1. The number of nitro benzene ring substituents is 1. The van der Waals surface area contributed by atoms with Gasteiger partial charge in [-0.3, -0.25) is 14.9 Å². The van der Waals surface area contributed by atoms with Crippen molar-refractivity contribution in [2.75, 3.05) is 38.2 Å². The molecule has 1 saturated heterocycles. The fraction of sp³-hybridized carbons (Fsp3) is 0.214. The van der Waals surface area contributed by atoms with Gasteiger partial charge in [0.1, 0.15) is 18.2 Å². The zero-order chi connectivity index (χ0) is 26.2. The number of anilines is 1. The average molecular weight is 499 g/mol. The highest BCUT2D eigenvalue weighted by molar-refractivity contribution is 6.01. The Kier molecular flexibility index (Phi) is 8.01. The molecule has 0 aliphatic carbocycles. The minimum atomic E-state index is -0.454. The quantitative estimate of drug-likeness (QED) is 0.195. The number of rotatable bonds is 8. The van der Waals surface area contributed by atoms with Gasteiger partial charge in [0.2, 0.25) is 0 Å². The summed E-state index contributed by atoms with van der Waals surface area (Å²) in [5.41, 5.74) is 2.58. The molecular weight excluding hydrogens is 472 g/mol. The molecule has 1 fully saturated rings. The number of carbonyl (C=O) groups is 1. The van der Waals surface area contributed by atoms with Gasteiger partial charge in [0.15, 0.2) is 11.5 Å². The number of nitriles is 1. The molecule has 1 amide bonds. The minimum Gasteiger partial charge on any atom is -0.493 e. The normalized spacial score (nSPS) is 13.6. The molecule has 0 saturated carbocycles. The Bertz CT molecular complexity index is 1320. The number of carbonyl (C=O) groups excluding carboxylic acids is 1. The van der Waals surface area contributed by atoms with Crippen molar-refractivity contribution in [1.29, 1.82) is 5.26 Å². The Labute approximate surface area is 214 Å². The van der Waals surface area contributed by atoms with E-state index in [1.165, 1.54) is 19.2 Å². The standard InChI is InChI=1S/C28H26N4O5/c1-36-27-18-22(9-12-26(27)37-20-21-7-10-25(11-8-21)32(34)35)17-23(19-29)28(33)31-15-13-30(14-16-31)24-5-3-2-4-6-24/h2-12,17-18H,13-16,20H2,1H3/b23-17-. The highest BCUT2D eigenvalue weighted by Gasteiger charge is 2.24. The van der Waals surface area contributed by atoms with Crippen LogP contribution in [0.25, 0.3) is 6.08 Å². The Morgan fingerprint density at radius 3 is 2.35 bits per heavy atom. The molecule has 1 aliphatic heterocycles. The van der Waals surface area contributed by atoms with Gasteiger partial charge in [0.25, 0.3) is 11.6 Å². The summed E-state index contributed by atoms with van der Waals surface area (Å²) in [6.07, 6.45) is 1.55. The monoisotopic (exact) mass is 498 g/mol. The van der Waals surface area contributed by atoms with E-state index >= 15 is 0 Å². The maximum Gasteiger partial charge on any atom is 0.269 e. The van der Waals surface area contributed by atoms with Crippen molar-refractivity contribution in [3.8, 4) is 17.6 Å². The molecule has 188 valence electrons. The number of benzene rings is 3. The smallest absolute Gasteiger partial charge is 0.269 e. The van der Waals surface area contributed by atoms with Crippen LogP contribution in [0.4, 0.5) is 11.4 Å². The Hall–Kier alpha value is -4.84. The first kappa shape index (κ1) is 25.3. The number of non-ortho nitro benzene ring substituents is 1. The van der Waals surface area contributed by atoms with E-state index in [0.29, 0.717) is 43.2 Å². The van der Waals surface area contributed by atoms with Crippen molar-refractivity contribution >= 4 is 23.4 Å². The molecule has 37 heavy (non-hydrogen) atoms. The molecule has 0 unspecified atom stereocenters. The summed E-state index contributed by atoms with van der Waals surface area (Å²) in [6, 6.07) is 23.3. The van der Waals surface area contributed by atoms with Crippen LogP contribution in [0.5, 0.6) is 11.5 Å². The van der Waals surface area contributed by atoms with Crippen molar-refractivity contribution in [2.45, 2.75) is 6.61 Å². The first-order valence-electron chi connectivity index (χ1n) is 11.7. The lowest BCUT2D eigenvalue weighted by Gasteiger charge is -2.36. The number of nitro groups is 1.